The molecule has 1 aliphatic heterocycles. The zero-order valence-corrected chi connectivity index (χ0v) is 19.1. The maximum absolute atomic E-state index is 13.1. The first-order valence-corrected chi connectivity index (χ1v) is 10.3. The highest BCUT2D eigenvalue weighted by atomic mass is 16.5. The zero-order valence-electron chi connectivity index (χ0n) is 19.1. The van der Waals surface area contributed by atoms with Crippen LogP contribution in [-0.4, -0.2) is 56.0 Å². The maximum atomic E-state index is 13.1. The number of ether oxygens (including phenoxy) is 3. The molecule has 1 heterocycles. The summed E-state index contributed by atoms with van der Waals surface area (Å²) < 4.78 is 15.3. The Balaban J connectivity index is 1.86. The summed E-state index contributed by atoms with van der Waals surface area (Å²) in [5.41, 5.74) is 1.93. The molecule has 0 fully saturated rings. The molecular formula is C24H26N2O7. The summed E-state index contributed by atoms with van der Waals surface area (Å²) >= 11 is 0. The van der Waals surface area contributed by atoms with Gasteiger partial charge in [0, 0.05) is 0 Å². The van der Waals surface area contributed by atoms with E-state index in [2.05, 4.69) is 5.32 Å². The number of amides is 3. The van der Waals surface area contributed by atoms with E-state index in [9.17, 15) is 19.2 Å². The van der Waals surface area contributed by atoms with E-state index in [4.69, 9.17) is 14.2 Å². The summed E-state index contributed by atoms with van der Waals surface area (Å²) in [4.78, 5) is 51.7. The number of imide groups is 1. The summed E-state index contributed by atoms with van der Waals surface area (Å²) in [6, 6.07) is 8.04. The van der Waals surface area contributed by atoms with Crippen LogP contribution in [0.4, 0.5) is 0 Å². The third-order valence-corrected chi connectivity index (χ3v) is 5.57. The van der Waals surface area contributed by atoms with Gasteiger partial charge in [0.25, 0.3) is 11.8 Å². The Labute approximate surface area is 191 Å². The number of rotatable bonds is 8. The van der Waals surface area contributed by atoms with Crippen molar-refractivity contribution in [2.24, 2.45) is 0 Å². The van der Waals surface area contributed by atoms with Crippen LogP contribution < -0.4 is 14.8 Å². The molecule has 0 bridgehead atoms. The van der Waals surface area contributed by atoms with Crippen LogP contribution in [0.3, 0.4) is 0 Å². The lowest BCUT2D eigenvalue weighted by atomic mass is 10.0. The van der Waals surface area contributed by atoms with Crippen LogP contribution in [0.5, 0.6) is 11.5 Å². The monoisotopic (exact) mass is 454 g/mol. The van der Waals surface area contributed by atoms with Gasteiger partial charge in [-0.25, -0.2) is 0 Å². The molecule has 33 heavy (non-hydrogen) atoms. The average molecular weight is 454 g/mol. The molecule has 3 amide bonds. The molecule has 0 saturated carbocycles. The molecule has 0 spiro atoms. The highest BCUT2D eigenvalue weighted by molar-refractivity contribution is 6.22. The number of hydrogen-bond acceptors (Lipinski definition) is 7. The van der Waals surface area contributed by atoms with Gasteiger partial charge in [0.15, 0.2) is 11.5 Å². The summed E-state index contributed by atoms with van der Waals surface area (Å²) in [5, 5.41) is 2.76. The average Bonchev–Trinajstić information content (AvgIpc) is 3.06. The molecule has 0 aliphatic carbocycles. The number of carbonyl (C=O) groups excluding carboxylic acids is 4. The number of esters is 1. The molecule has 0 saturated heterocycles. The third-order valence-electron chi connectivity index (χ3n) is 5.57. The molecule has 0 unspecified atom stereocenters. The largest absolute Gasteiger partial charge is 0.493 e. The Morgan fingerprint density at radius 3 is 2.24 bits per heavy atom. The van der Waals surface area contributed by atoms with Gasteiger partial charge in [-0.05, 0) is 43.7 Å². The Kier molecular flexibility index (Phi) is 7.01. The van der Waals surface area contributed by atoms with Crippen LogP contribution in [0.2, 0.25) is 0 Å². The molecule has 2 atom stereocenters. The molecule has 9 nitrogen and oxygen atoms in total. The van der Waals surface area contributed by atoms with Gasteiger partial charge in [-0.3, -0.25) is 24.1 Å². The Morgan fingerprint density at radius 1 is 0.939 bits per heavy atom. The van der Waals surface area contributed by atoms with Gasteiger partial charge in [0.1, 0.15) is 6.04 Å². The molecular weight excluding hydrogens is 428 g/mol. The first kappa shape index (κ1) is 23.8. The van der Waals surface area contributed by atoms with E-state index >= 15 is 0 Å². The quantitative estimate of drug-likeness (QED) is 0.482. The van der Waals surface area contributed by atoms with Crippen LogP contribution in [0.15, 0.2) is 36.4 Å². The van der Waals surface area contributed by atoms with E-state index in [1.165, 1.54) is 28.3 Å². The van der Waals surface area contributed by atoms with Crippen molar-refractivity contribution in [2.75, 3.05) is 21.3 Å². The summed E-state index contributed by atoms with van der Waals surface area (Å²) in [5.74, 6) is -1.30. The molecule has 9 heteroatoms. The number of nitrogens with one attached hydrogen (secondary N) is 1. The van der Waals surface area contributed by atoms with Crippen molar-refractivity contribution in [3.63, 3.8) is 0 Å². The van der Waals surface area contributed by atoms with Crippen LogP contribution in [0.1, 0.15) is 51.2 Å². The fourth-order valence-corrected chi connectivity index (χ4v) is 3.71. The molecule has 1 aliphatic rings. The molecule has 174 valence electrons. The maximum Gasteiger partial charge on any atom is 0.307 e. The number of fused-ring (bicyclic) bond motifs is 1. The second-order valence-corrected chi connectivity index (χ2v) is 7.66. The summed E-state index contributed by atoms with van der Waals surface area (Å²) in [7, 11) is 4.22. The lowest BCUT2D eigenvalue weighted by Crippen LogP contribution is -2.48. The molecule has 3 rings (SSSR count). The van der Waals surface area contributed by atoms with Crippen molar-refractivity contribution >= 4 is 23.7 Å². The lowest BCUT2D eigenvalue weighted by Gasteiger charge is -2.25. The first-order chi connectivity index (χ1) is 15.7. The predicted octanol–water partition coefficient (Wildman–Crippen LogP) is 2.42. The number of carbonyl (C=O) groups is 4. The van der Waals surface area contributed by atoms with Gasteiger partial charge < -0.3 is 19.5 Å². The molecule has 0 radical (unpaired) electrons. The van der Waals surface area contributed by atoms with Crippen LogP contribution in [-0.2, 0) is 14.3 Å². The van der Waals surface area contributed by atoms with Gasteiger partial charge in [-0.2, -0.15) is 0 Å². The van der Waals surface area contributed by atoms with E-state index in [0.717, 1.165) is 10.5 Å². The van der Waals surface area contributed by atoms with E-state index in [1.807, 2.05) is 6.92 Å². The van der Waals surface area contributed by atoms with Crippen molar-refractivity contribution in [3.8, 4) is 11.5 Å². The standard InChI is InChI=1S/C24H26N2O7/c1-13-6-8-16-17(10-13)24(30)26(23(16)29)14(2)22(28)25-18(12-21(27)33-5)15-7-9-19(31-3)20(11-15)32-4/h6-11,14,18H,12H2,1-5H3,(H,25,28)/t14-,18+/m0/s1. The minimum absolute atomic E-state index is 0.161. The number of aryl methyl sites for hydroxylation is 1. The van der Waals surface area contributed by atoms with E-state index < -0.39 is 35.8 Å². The summed E-state index contributed by atoms with van der Waals surface area (Å²) in [6.07, 6.45) is -0.161. The lowest BCUT2D eigenvalue weighted by molar-refractivity contribution is -0.141. The van der Waals surface area contributed by atoms with Gasteiger partial charge >= 0.3 is 5.97 Å². The van der Waals surface area contributed by atoms with E-state index in [0.29, 0.717) is 17.1 Å². The van der Waals surface area contributed by atoms with Crippen molar-refractivity contribution in [1.82, 2.24) is 10.2 Å². The van der Waals surface area contributed by atoms with E-state index in [1.54, 1.807) is 36.4 Å². The molecule has 0 aromatic heterocycles. The zero-order chi connectivity index (χ0) is 24.3. The van der Waals surface area contributed by atoms with Gasteiger partial charge in [0.2, 0.25) is 5.91 Å². The van der Waals surface area contributed by atoms with Crippen LogP contribution in [0.25, 0.3) is 0 Å². The van der Waals surface area contributed by atoms with Gasteiger partial charge in [-0.1, -0.05) is 17.7 Å². The topological polar surface area (TPSA) is 111 Å². The number of nitrogens with zero attached hydrogens (tertiary/aromatic N) is 1. The molecule has 2 aromatic carbocycles. The minimum atomic E-state index is -1.10. The predicted molar refractivity (Wildman–Crippen MR) is 118 cm³/mol. The first-order valence-electron chi connectivity index (χ1n) is 10.3. The van der Waals surface area contributed by atoms with Gasteiger partial charge in [0.05, 0.1) is 44.9 Å². The second-order valence-electron chi connectivity index (χ2n) is 7.66. The summed E-state index contributed by atoms with van der Waals surface area (Å²) in [6.45, 7) is 3.28. The normalized spacial score (nSPS) is 14.4. The Hall–Kier alpha value is -3.88. The van der Waals surface area contributed by atoms with Gasteiger partial charge in [-0.15, -0.1) is 0 Å². The minimum Gasteiger partial charge on any atom is -0.493 e. The number of methoxy groups -OCH3 is 3. The third kappa shape index (κ3) is 4.67. The van der Waals surface area contributed by atoms with Crippen molar-refractivity contribution in [2.45, 2.75) is 32.4 Å². The second kappa shape index (κ2) is 9.72. The van der Waals surface area contributed by atoms with Crippen molar-refractivity contribution in [1.29, 1.82) is 0 Å². The number of benzene rings is 2. The molecule has 1 N–H and O–H groups in total. The number of hydrogen-bond donors (Lipinski definition) is 1. The molecule has 2 aromatic rings. The van der Waals surface area contributed by atoms with E-state index in [-0.39, 0.29) is 17.5 Å². The highest BCUT2D eigenvalue weighted by Crippen LogP contribution is 2.31. The van der Waals surface area contributed by atoms with Crippen molar-refractivity contribution in [3.05, 3.63) is 58.7 Å². The Bertz CT molecular complexity index is 1110. The van der Waals surface area contributed by atoms with Crippen molar-refractivity contribution < 1.29 is 33.4 Å². The van der Waals surface area contributed by atoms with Crippen LogP contribution >= 0.6 is 0 Å². The smallest absolute Gasteiger partial charge is 0.307 e. The fourth-order valence-electron chi connectivity index (χ4n) is 3.71. The fraction of sp³-hybridized carbons (Fsp3) is 0.333. The Morgan fingerprint density at radius 2 is 1.61 bits per heavy atom. The SMILES string of the molecule is COC(=O)C[C@@H](NC(=O)[C@H](C)N1C(=O)c2ccc(C)cc2C1=O)c1ccc(OC)c(OC)c1. The highest BCUT2D eigenvalue weighted by Gasteiger charge is 2.41. The van der Waals surface area contributed by atoms with Crippen LogP contribution in [0, 0.1) is 6.92 Å².